The Kier molecular flexibility index (Phi) is 8.42. The average Bonchev–Trinajstić information content (AvgIpc) is 3.51. The quantitative estimate of drug-likeness (QED) is 0.630. The molecule has 3 fully saturated rings. The van der Waals surface area contributed by atoms with E-state index in [4.69, 9.17) is 4.98 Å². The largest absolute Gasteiger partial charge is 0.357 e. The molecule has 8 nitrogen and oxygen atoms in total. The highest BCUT2D eigenvalue weighted by Crippen LogP contribution is 2.26. The number of pyridine rings is 1. The highest BCUT2D eigenvalue weighted by Gasteiger charge is 2.25. The topological polar surface area (TPSA) is 69.5 Å². The molecule has 2 aliphatic heterocycles. The predicted octanol–water partition coefficient (Wildman–Crippen LogP) is 3.81. The molecule has 1 saturated carbocycles. The zero-order valence-corrected chi connectivity index (χ0v) is 22.4. The van der Waals surface area contributed by atoms with E-state index in [2.05, 4.69) is 38.2 Å². The summed E-state index contributed by atoms with van der Waals surface area (Å²) in [6.07, 6.45) is 13.8. The van der Waals surface area contributed by atoms with Crippen molar-refractivity contribution in [1.82, 2.24) is 29.9 Å². The van der Waals surface area contributed by atoms with Gasteiger partial charge in [0.15, 0.2) is 11.3 Å². The second-order valence-electron chi connectivity index (χ2n) is 11.3. The number of anilines is 1. The Balaban J connectivity index is 1.18. The minimum absolute atomic E-state index is 0.0703. The molecule has 0 spiro atoms. The molecule has 0 bridgehead atoms. The number of nitrogens with one attached hydrogen (secondary N) is 1. The van der Waals surface area contributed by atoms with Gasteiger partial charge in [0, 0.05) is 52.4 Å². The van der Waals surface area contributed by atoms with Gasteiger partial charge in [0.25, 0.3) is 5.91 Å². The summed E-state index contributed by atoms with van der Waals surface area (Å²) in [7, 11) is 4.06. The molecule has 4 heterocycles. The maximum absolute atomic E-state index is 13.2. The smallest absolute Gasteiger partial charge is 0.272 e. The van der Waals surface area contributed by atoms with Crippen molar-refractivity contribution in [2.24, 2.45) is 7.05 Å². The van der Waals surface area contributed by atoms with Gasteiger partial charge in [-0.15, -0.1) is 0 Å². The molecule has 0 unspecified atom stereocenters. The number of carbonyl (C=O) groups excluding carboxylic acids is 1. The van der Waals surface area contributed by atoms with Gasteiger partial charge in [-0.2, -0.15) is 5.10 Å². The second kappa shape index (κ2) is 11.9. The summed E-state index contributed by atoms with van der Waals surface area (Å²) in [6, 6.07) is 4.86. The van der Waals surface area contributed by atoms with Crippen LogP contribution in [0, 0.1) is 0 Å². The lowest BCUT2D eigenvalue weighted by Gasteiger charge is -2.33. The fourth-order valence-corrected chi connectivity index (χ4v) is 6.34. The lowest BCUT2D eigenvalue weighted by Crippen LogP contribution is -2.46. The highest BCUT2D eigenvalue weighted by atomic mass is 16.2. The number of hydrogen-bond donors (Lipinski definition) is 1. The summed E-state index contributed by atoms with van der Waals surface area (Å²) in [5.74, 6) is 0.906. The molecule has 1 amide bonds. The Morgan fingerprint density at radius 2 is 1.56 bits per heavy atom. The second-order valence-corrected chi connectivity index (χ2v) is 11.3. The highest BCUT2D eigenvalue weighted by molar-refractivity contribution is 6.04. The summed E-state index contributed by atoms with van der Waals surface area (Å²) in [6.45, 7) is 6.96. The molecular formula is C28H45N7O. The molecule has 1 N–H and O–H groups in total. The van der Waals surface area contributed by atoms with E-state index in [1.54, 1.807) is 4.68 Å². The van der Waals surface area contributed by atoms with Gasteiger partial charge in [-0.1, -0.05) is 32.1 Å². The molecule has 0 aromatic carbocycles. The van der Waals surface area contributed by atoms with E-state index in [9.17, 15) is 4.79 Å². The third-order valence-corrected chi connectivity index (χ3v) is 8.72. The molecule has 1 aliphatic carbocycles. The van der Waals surface area contributed by atoms with Gasteiger partial charge in [-0.05, 0) is 63.7 Å². The predicted molar refractivity (Wildman–Crippen MR) is 146 cm³/mol. The van der Waals surface area contributed by atoms with E-state index in [1.807, 2.05) is 13.1 Å². The fourth-order valence-electron chi connectivity index (χ4n) is 6.34. The number of piperidine rings is 1. The third-order valence-electron chi connectivity index (χ3n) is 8.72. The molecule has 36 heavy (non-hydrogen) atoms. The van der Waals surface area contributed by atoms with Crippen LogP contribution in [0.1, 0.15) is 81.1 Å². The van der Waals surface area contributed by atoms with Gasteiger partial charge in [0.2, 0.25) is 0 Å². The Bertz CT molecular complexity index is 999. The molecule has 3 aliphatic rings. The van der Waals surface area contributed by atoms with E-state index in [-0.39, 0.29) is 11.9 Å². The van der Waals surface area contributed by atoms with Crippen LogP contribution in [0.2, 0.25) is 0 Å². The van der Waals surface area contributed by atoms with Crippen LogP contribution in [0.3, 0.4) is 0 Å². The van der Waals surface area contributed by atoms with Crippen molar-refractivity contribution in [1.29, 1.82) is 0 Å². The van der Waals surface area contributed by atoms with Crippen LogP contribution in [0.4, 0.5) is 5.82 Å². The lowest BCUT2D eigenvalue weighted by molar-refractivity contribution is 0.0904. The summed E-state index contributed by atoms with van der Waals surface area (Å²) >= 11 is 0. The Morgan fingerprint density at radius 3 is 2.25 bits per heavy atom. The Labute approximate surface area is 216 Å². The number of aromatic nitrogens is 3. The number of fused-ring (bicyclic) bond motifs is 1. The van der Waals surface area contributed by atoms with Crippen LogP contribution in [0.25, 0.3) is 11.0 Å². The van der Waals surface area contributed by atoms with Crippen LogP contribution < -0.4 is 10.2 Å². The van der Waals surface area contributed by atoms with Gasteiger partial charge in [0.1, 0.15) is 5.82 Å². The number of aryl methyl sites for hydroxylation is 1. The SMILES string of the molecule is CN(c1ccc2c(C(=O)NC3CCN(CCN4CCCC4)CC3)nn(C)c2n1)C1CCCCCCC1. The number of hydrogen-bond acceptors (Lipinski definition) is 6. The van der Waals surface area contributed by atoms with Crippen LogP contribution in [-0.4, -0.2) is 88.9 Å². The molecule has 198 valence electrons. The molecular weight excluding hydrogens is 450 g/mol. The van der Waals surface area contributed by atoms with Gasteiger partial charge < -0.3 is 20.0 Å². The minimum Gasteiger partial charge on any atom is -0.357 e. The molecule has 2 aromatic heterocycles. The van der Waals surface area contributed by atoms with E-state index < -0.39 is 0 Å². The van der Waals surface area contributed by atoms with Crippen molar-refractivity contribution in [2.45, 2.75) is 82.7 Å². The summed E-state index contributed by atoms with van der Waals surface area (Å²) in [5, 5.41) is 8.70. The van der Waals surface area contributed by atoms with E-state index in [0.29, 0.717) is 11.7 Å². The molecule has 0 radical (unpaired) electrons. The first-order valence-corrected chi connectivity index (χ1v) is 14.4. The summed E-state index contributed by atoms with van der Waals surface area (Å²) in [5.41, 5.74) is 1.28. The van der Waals surface area contributed by atoms with Crippen molar-refractivity contribution in [3.8, 4) is 0 Å². The lowest BCUT2D eigenvalue weighted by atomic mass is 9.96. The van der Waals surface area contributed by atoms with Gasteiger partial charge in [0.05, 0.1) is 5.39 Å². The van der Waals surface area contributed by atoms with Crippen molar-refractivity contribution < 1.29 is 4.79 Å². The summed E-state index contributed by atoms with van der Waals surface area (Å²) in [4.78, 5) is 25.6. The average molecular weight is 496 g/mol. The first kappa shape index (κ1) is 25.5. The van der Waals surface area contributed by atoms with Crippen LogP contribution in [0.15, 0.2) is 12.1 Å². The van der Waals surface area contributed by atoms with Crippen LogP contribution >= 0.6 is 0 Å². The Morgan fingerprint density at radius 1 is 0.917 bits per heavy atom. The van der Waals surface area contributed by atoms with Crippen molar-refractivity contribution >= 4 is 22.8 Å². The number of amides is 1. The molecule has 2 saturated heterocycles. The van der Waals surface area contributed by atoms with Gasteiger partial charge in [-0.25, -0.2) is 9.67 Å². The number of rotatable bonds is 7. The maximum Gasteiger partial charge on any atom is 0.272 e. The number of likely N-dealkylation sites (tertiary alicyclic amines) is 2. The minimum atomic E-state index is -0.0703. The molecule has 0 atom stereocenters. The number of nitrogens with zero attached hydrogens (tertiary/aromatic N) is 6. The first-order valence-electron chi connectivity index (χ1n) is 14.4. The Hall–Kier alpha value is -2.19. The zero-order valence-electron chi connectivity index (χ0n) is 22.4. The van der Waals surface area contributed by atoms with Gasteiger partial charge >= 0.3 is 0 Å². The van der Waals surface area contributed by atoms with Crippen LogP contribution in [0.5, 0.6) is 0 Å². The van der Waals surface area contributed by atoms with E-state index >= 15 is 0 Å². The zero-order chi connectivity index (χ0) is 24.9. The van der Waals surface area contributed by atoms with Crippen molar-refractivity contribution in [3.63, 3.8) is 0 Å². The van der Waals surface area contributed by atoms with Gasteiger partial charge in [-0.3, -0.25) is 4.79 Å². The number of carbonyl (C=O) groups is 1. The normalized spacial score (nSPS) is 21.5. The van der Waals surface area contributed by atoms with Crippen molar-refractivity contribution in [3.05, 3.63) is 17.8 Å². The molecule has 5 rings (SSSR count). The first-order chi connectivity index (χ1) is 17.6. The van der Waals surface area contributed by atoms with Crippen LogP contribution in [-0.2, 0) is 7.05 Å². The standard InChI is InChI=1S/C28H45N7O/c1-32(23-10-6-4-3-5-7-11-23)25-13-12-24-26(31-33(2)27(24)30-25)28(36)29-22-14-18-35(19-15-22)21-20-34-16-8-9-17-34/h12-13,22-23H,3-11,14-21H2,1-2H3,(H,29,36). The third kappa shape index (κ3) is 6.02. The van der Waals surface area contributed by atoms with E-state index in [0.717, 1.165) is 49.3 Å². The van der Waals surface area contributed by atoms with E-state index in [1.165, 1.54) is 77.4 Å². The fraction of sp³-hybridized carbons (Fsp3) is 0.750. The molecule has 8 heteroatoms. The maximum atomic E-state index is 13.2. The monoisotopic (exact) mass is 495 g/mol. The van der Waals surface area contributed by atoms with Crippen molar-refractivity contribution in [2.75, 3.05) is 51.2 Å². The summed E-state index contributed by atoms with van der Waals surface area (Å²) < 4.78 is 1.76. The molecule has 2 aromatic rings.